The van der Waals surface area contributed by atoms with Crippen LogP contribution in [-0.2, 0) is 9.53 Å². The van der Waals surface area contributed by atoms with Crippen molar-refractivity contribution in [3.05, 3.63) is 74.7 Å². The first-order valence-electron chi connectivity index (χ1n) is 10.1. The minimum Gasteiger partial charge on any atom is -0.497 e. The molecule has 8 heteroatoms. The van der Waals surface area contributed by atoms with E-state index in [2.05, 4.69) is 26.2 Å². The molecule has 2 heterocycles. The molecule has 1 atom stereocenters. The predicted octanol–water partition coefficient (Wildman–Crippen LogP) is 5.76. The fraction of sp³-hybridized carbons (Fsp3) is 0.250. The van der Waals surface area contributed by atoms with Gasteiger partial charge in [0, 0.05) is 21.5 Å². The highest BCUT2D eigenvalue weighted by molar-refractivity contribution is 9.10. The van der Waals surface area contributed by atoms with E-state index in [1.807, 2.05) is 49.4 Å². The highest BCUT2D eigenvalue weighted by Gasteiger charge is 2.42. The molecule has 0 aromatic heterocycles. The minimum atomic E-state index is -0.465. The Morgan fingerprint density at radius 1 is 1.16 bits per heavy atom. The molecule has 2 aromatic carbocycles. The number of fused-ring (bicyclic) bond motifs is 1. The third-order valence-electron chi connectivity index (χ3n) is 5.30. The van der Waals surface area contributed by atoms with Crippen LogP contribution in [0.2, 0.25) is 0 Å². The number of thioether (sulfide) groups is 1. The van der Waals surface area contributed by atoms with Gasteiger partial charge in [-0.2, -0.15) is 0 Å². The van der Waals surface area contributed by atoms with E-state index in [9.17, 15) is 4.79 Å². The van der Waals surface area contributed by atoms with Crippen molar-refractivity contribution in [2.45, 2.75) is 19.9 Å². The van der Waals surface area contributed by atoms with Crippen molar-refractivity contribution < 1.29 is 19.0 Å². The largest absolute Gasteiger partial charge is 0.497 e. The molecule has 6 nitrogen and oxygen atoms in total. The van der Waals surface area contributed by atoms with E-state index in [1.54, 1.807) is 21.1 Å². The second kappa shape index (κ2) is 9.42. The van der Waals surface area contributed by atoms with E-state index in [4.69, 9.17) is 19.2 Å². The number of benzene rings is 2. The topological polar surface area (TPSA) is 60.4 Å². The predicted molar refractivity (Wildman–Crippen MR) is 131 cm³/mol. The molecule has 0 aliphatic carbocycles. The molecule has 4 rings (SSSR count). The van der Waals surface area contributed by atoms with Gasteiger partial charge in [0.25, 0.3) is 0 Å². The monoisotopic (exact) mass is 514 g/mol. The molecule has 0 saturated heterocycles. The summed E-state index contributed by atoms with van der Waals surface area (Å²) in [5, 5.41) is 2.86. The average Bonchev–Trinajstić information content (AvgIpc) is 3.21. The van der Waals surface area contributed by atoms with Crippen LogP contribution in [0.15, 0.2) is 68.6 Å². The second-order valence-electron chi connectivity index (χ2n) is 7.12. The van der Waals surface area contributed by atoms with Crippen molar-refractivity contribution in [3.8, 4) is 11.5 Å². The van der Waals surface area contributed by atoms with Gasteiger partial charge in [0.2, 0.25) is 0 Å². The maximum atomic E-state index is 13.1. The first-order chi connectivity index (χ1) is 15.5. The third kappa shape index (κ3) is 4.04. The summed E-state index contributed by atoms with van der Waals surface area (Å²) in [5.41, 5.74) is 3.93. The molecule has 0 bridgehead atoms. The number of nitrogens with zero attached hydrogens (tertiary/aromatic N) is 2. The Morgan fingerprint density at radius 2 is 1.91 bits per heavy atom. The van der Waals surface area contributed by atoms with Gasteiger partial charge in [-0.1, -0.05) is 39.8 Å². The van der Waals surface area contributed by atoms with Crippen LogP contribution in [-0.4, -0.2) is 36.9 Å². The molecule has 0 amide bonds. The lowest BCUT2D eigenvalue weighted by Crippen LogP contribution is -2.36. The molecule has 166 valence electrons. The molecule has 0 fully saturated rings. The lowest BCUT2D eigenvalue weighted by molar-refractivity contribution is -0.139. The number of allylic oxidation sites excluding steroid dienone is 1. The summed E-state index contributed by atoms with van der Waals surface area (Å²) in [6, 6.07) is 13.2. The lowest BCUT2D eigenvalue weighted by atomic mass is 9.92. The fourth-order valence-electron chi connectivity index (χ4n) is 3.82. The highest BCUT2D eigenvalue weighted by atomic mass is 79.9. The quantitative estimate of drug-likeness (QED) is 0.456. The Hall–Kier alpha value is -2.71. The minimum absolute atomic E-state index is 0.281. The zero-order chi connectivity index (χ0) is 22.8. The first kappa shape index (κ1) is 22.5. The number of carbonyl (C=O) groups excluding carboxylic acids is 1. The van der Waals surface area contributed by atoms with Crippen LogP contribution in [0, 0.1) is 0 Å². The highest BCUT2D eigenvalue weighted by Crippen LogP contribution is 2.49. The van der Waals surface area contributed by atoms with Crippen molar-refractivity contribution in [1.82, 2.24) is 4.90 Å². The van der Waals surface area contributed by atoms with Crippen LogP contribution in [0.4, 0.5) is 0 Å². The molecule has 32 heavy (non-hydrogen) atoms. The smallest absolute Gasteiger partial charge is 0.338 e. The molecule has 0 radical (unpaired) electrons. The maximum Gasteiger partial charge on any atom is 0.338 e. The van der Waals surface area contributed by atoms with Crippen LogP contribution in [0.3, 0.4) is 0 Å². The molecule has 2 aliphatic heterocycles. The summed E-state index contributed by atoms with van der Waals surface area (Å²) in [7, 11) is 3.22. The number of carbonyl (C=O) groups is 1. The Kier molecular flexibility index (Phi) is 6.62. The zero-order valence-electron chi connectivity index (χ0n) is 18.2. The van der Waals surface area contributed by atoms with Crippen molar-refractivity contribution in [2.24, 2.45) is 4.99 Å². The summed E-state index contributed by atoms with van der Waals surface area (Å²) in [4.78, 5) is 19.9. The van der Waals surface area contributed by atoms with E-state index >= 15 is 0 Å². The fourth-order valence-corrected chi connectivity index (χ4v) is 5.06. The molecular weight excluding hydrogens is 492 g/mol. The standard InChI is InChI=1S/C24H23BrN2O4S/c1-5-31-23(28)21-14(2)26-24-27(19(13-32-24)15-6-8-16(25)9-7-15)22(21)18-11-10-17(29-3)12-20(18)30-4/h6-13,22H,5H2,1-4H3/t22-/m0/s1. The van der Waals surface area contributed by atoms with Crippen LogP contribution in [0.1, 0.15) is 31.0 Å². The van der Waals surface area contributed by atoms with E-state index < -0.39 is 6.04 Å². The molecule has 2 aliphatic rings. The number of hydrogen-bond donors (Lipinski definition) is 0. The number of aliphatic imine (C=N–C) groups is 1. The van der Waals surface area contributed by atoms with Gasteiger partial charge in [-0.25, -0.2) is 9.79 Å². The van der Waals surface area contributed by atoms with Gasteiger partial charge >= 0.3 is 5.97 Å². The van der Waals surface area contributed by atoms with E-state index in [1.165, 1.54) is 11.8 Å². The molecule has 2 aromatic rings. The van der Waals surface area contributed by atoms with Crippen LogP contribution >= 0.6 is 27.7 Å². The van der Waals surface area contributed by atoms with Crippen LogP contribution in [0.25, 0.3) is 5.70 Å². The Morgan fingerprint density at radius 3 is 2.56 bits per heavy atom. The van der Waals surface area contributed by atoms with Gasteiger partial charge in [-0.15, -0.1) is 0 Å². The molecule has 0 spiro atoms. The number of hydrogen-bond acceptors (Lipinski definition) is 7. The number of amidine groups is 1. The van der Waals surface area contributed by atoms with Gasteiger partial charge in [-0.05, 0) is 43.7 Å². The van der Waals surface area contributed by atoms with E-state index in [0.717, 1.165) is 26.5 Å². The number of halogens is 1. The van der Waals surface area contributed by atoms with Gasteiger partial charge in [0.1, 0.15) is 11.5 Å². The third-order valence-corrected chi connectivity index (χ3v) is 6.67. The molecule has 0 saturated carbocycles. The number of esters is 1. The van der Waals surface area contributed by atoms with Gasteiger partial charge in [0.05, 0.1) is 43.8 Å². The molecule has 0 unspecified atom stereocenters. The SMILES string of the molecule is CCOC(=O)C1=C(C)N=C2SC=C(c3ccc(Br)cc3)N2[C@H]1c1ccc(OC)cc1OC. The van der Waals surface area contributed by atoms with Crippen molar-refractivity contribution in [3.63, 3.8) is 0 Å². The van der Waals surface area contributed by atoms with Crippen molar-refractivity contribution >= 4 is 44.5 Å². The van der Waals surface area contributed by atoms with Gasteiger partial charge in [-0.3, -0.25) is 0 Å². The first-order valence-corrected chi connectivity index (χ1v) is 11.8. The van der Waals surface area contributed by atoms with E-state index in [0.29, 0.717) is 22.8 Å². The van der Waals surface area contributed by atoms with Crippen LogP contribution in [0.5, 0.6) is 11.5 Å². The average molecular weight is 515 g/mol. The zero-order valence-corrected chi connectivity index (χ0v) is 20.6. The summed E-state index contributed by atoms with van der Waals surface area (Å²) in [6.07, 6.45) is 0. The molecular formula is C24H23BrN2O4S. The maximum absolute atomic E-state index is 13.1. The van der Waals surface area contributed by atoms with E-state index in [-0.39, 0.29) is 12.6 Å². The normalized spacial score (nSPS) is 17.5. The Bertz CT molecular complexity index is 1140. The summed E-state index contributed by atoms with van der Waals surface area (Å²) < 4.78 is 17.5. The number of methoxy groups -OCH3 is 2. The van der Waals surface area contributed by atoms with Gasteiger partial charge < -0.3 is 19.1 Å². The summed E-state index contributed by atoms with van der Waals surface area (Å²) in [6.45, 7) is 3.92. The van der Waals surface area contributed by atoms with Crippen molar-refractivity contribution in [2.75, 3.05) is 20.8 Å². The van der Waals surface area contributed by atoms with Gasteiger partial charge in [0.15, 0.2) is 5.17 Å². The molecule has 0 N–H and O–H groups in total. The number of rotatable bonds is 6. The van der Waals surface area contributed by atoms with Crippen LogP contribution < -0.4 is 9.47 Å². The van der Waals surface area contributed by atoms with Crippen molar-refractivity contribution in [1.29, 1.82) is 0 Å². The summed E-state index contributed by atoms with van der Waals surface area (Å²) >= 11 is 5.03. The lowest BCUT2D eigenvalue weighted by Gasteiger charge is -2.37. The summed E-state index contributed by atoms with van der Waals surface area (Å²) in [5.74, 6) is 0.910. The Balaban J connectivity index is 1.90. The number of ether oxygens (including phenoxy) is 3. The second-order valence-corrected chi connectivity index (χ2v) is 8.87. The Labute approximate surface area is 200 Å².